The molecule has 1 fully saturated rings. The van der Waals surface area contributed by atoms with Gasteiger partial charge in [0.25, 0.3) is 0 Å². The molecule has 1 aliphatic rings. The third-order valence-electron chi connectivity index (χ3n) is 5.50. The minimum absolute atomic E-state index is 0.220. The van der Waals surface area contributed by atoms with E-state index in [-0.39, 0.29) is 12.5 Å². The Morgan fingerprint density at radius 2 is 1.90 bits per heavy atom. The number of rotatable bonds is 6. The third-order valence-corrected chi connectivity index (χ3v) is 5.50. The van der Waals surface area contributed by atoms with Crippen LogP contribution in [0, 0.1) is 5.92 Å². The van der Waals surface area contributed by atoms with E-state index in [1.807, 2.05) is 42.5 Å². The van der Waals surface area contributed by atoms with Crippen LogP contribution in [0.25, 0.3) is 5.69 Å². The number of aromatic nitrogens is 3. The van der Waals surface area contributed by atoms with Crippen molar-refractivity contribution in [1.82, 2.24) is 14.8 Å². The van der Waals surface area contributed by atoms with Crippen LogP contribution in [0.2, 0.25) is 0 Å². The Labute approximate surface area is 174 Å². The first kappa shape index (κ1) is 20.5. The Morgan fingerprint density at radius 3 is 2.60 bits per heavy atom. The summed E-state index contributed by atoms with van der Waals surface area (Å²) >= 11 is 0. The smallest absolute Gasteiger partial charge is 0.138 e. The molecule has 1 aromatic heterocycles. The minimum atomic E-state index is -1.08. The molecule has 8 nitrogen and oxygen atoms in total. The monoisotopic (exact) mass is 411 g/mol. The van der Waals surface area contributed by atoms with Crippen LogP contribution < -0.4 is 4.74 Å². The van der Waals surface area contributed by atoms with Crippen LogP contribution in [0.15, 0.2) is 61.2 Å². The molecule has 0 spiro atoms. The van der Waals surface area contributed by atoms with Crippen molar-refractivity contribution in [2.24, 2.45) is 5.92 Å². The second kappa shape index (κ2) is 8.93. The lowest BCUT2D eigenvalue weighted by molar-refractivity contribution is -0.207. The van der Waals surface area contributed by atoms with Crippen molar-refractivity contribution in [1.29, 1.82) is 0 Å². The summed E-state index contributed by atoms with van der Waals surface area (Å²) in [4.78, 5) is 3.94. The number of aliphatic hydroxyl groups excluding tert-OH is 3. The lowest BCUT2D eigenvalue weighted by atomic mass is 9.86. The normalized spacial score (nSPS) is 26.5. The summed E-state index contributed by atoms with van der Waals surface area (Å²) in [6.07, 6.45) is -0.214. The van der Waals surface area contributed by atoms with Gasteiger partial charge in [-0.3, -0.25) is 0 Å². The second-order valence-electron chi connectivity index (χ2n) is 7.49. The van der Waals surface area contributed by atoms with Gasteiger partial charge in [0.2, 0.25) is 0 Å². The maximum atomic E-state index is 10.5. The first-order chi connectivity index (χ1) is 14.6. The van der Waals surface area contributed by atoms with Crippen LogP contribution in [0.4, 0.5) is 0 Å². The number of aliphatic hydroxyl groups is 3. The van der Waals surface area contributed by atoms with Gasteiger partial charge in [-0.25, -0.2) is 9.67 Å². The molecule has 2 aromatic carbocycles. The van der Waals surface area contributed by atoms with Crippen molar-refractivity contribution in [2.45, 2.75) is 37.9 Å². The highest BCUT2D eigenvalue weighted by Crippen LogP contribution is 2.36. The second-order valence-corrected chi connectivity index (χ2v) is 7.49. The number of hydrogen-bond donors (Lipinski definition) is 3. The van der Waals surface area contributed by atoms with Gasteiger partial charge >= 0.3 is 0 Å². The molecule has 4 rings (SSSR count). The van der Waals surface area contributed by atoms with Crippen molar-refractivity contribution in [3.05, 3.63) is 72.3 Å². The zero-order chi connectivity index (χ0) is 21.1. The molecule has 0 amide bonds. The van der Waals surface area contributed by atoms with Crippen LogP contribution in [-0.2, 0) is 11.3 Å². The zero-order valence-electron chi connectivity index (χ0n) is 16.6. The molecular weight excluding hydrogens is 386 g/mol. The number of benzene rings is 2. The lowest BCUT2D eigenvalue weighted by Gasteiger charge is -2.41. The van der Waals surface area contributed by atoms with E-state index in [2.05, 4.69) is 10.1 Å². The molecule has 3 aromatic rings. The molecule has 1 saturated heterocycles. The minimum Gasteiger partial charge on any atom is -0.489 e. The van der Waals surface area contributed by atoms with E-state index >= 15 is 0 Å². The molecule has 2 heterocycles. The molecule has 5 atom stereocenters. The van der Waals surface area contributed by atoms with Crippen molar-refractivity contribution < 1.29 is 24.8 Å². The first-order valence-electron chi connectivity index (χ1n) is 9.86. The largest absolute Gasteiger partial charge is 0.489 e. The van der Waals surface area contributed by atoms with Crippen LogP contribution in [0.5, 0.6) is 5.75 Å². The van der Waals surface area contributed by atoms with Crippen LogP contribution in [0.3, 0.4) is 0 Å². The van der Waals surface area contributed by atoms with E-state index in [9.17, 15) is 15.3 Å². The molecule has 0 radical (unpaired) electrons. The summed E-state index contributed by atoms with van der Waals surface area (Å²) in [6, 6.07) is 15.0. The van der Waals surface area contributed by atoms with Gasteiger partial charge in [0.1, 0.15) is 37.2 Å². The molecule has 0 aliphatic carbocycles. The molecular formula is C22H25N3O5. The fourth-order valence-electron chi connectivity index (χ4n) is 3.62. The van der Waals surface area contributed by atoms with Gasteiger partial charge < -0.3 is 24.8 Å². The summed E-state index contributed by atoms with van der Waals surface area (Å²) in [5.41, 5.74) is 2.58. The predicted octanol–water partition coefficient (Wildman–Crippen LogP) is 1.64. The molecule has 1 aliphatic heterocycles. The summed E-state index contributed by atoms with van der Waals surface area (Å²) in [5.74, 6) is 0.262. The van der Waals surface area contributed by atoms with Crippen LogP contribution in [-0.4, -0.2) is 55.0 Å². The maximum absolute atomic E-state index is 10.5. The molecule has 0 saturated carbocycles. The van der Waals surface area contributed by atoms with E-state index in [4.69, 9.17) is 9.47 Å². The molecule has 30 heavy (non-hydrogen) atoms. The fraction of sp³-hybridized carbons (Fsp3) is 0.364. The molecule has 0 bridgehead atoms. The standard InChI is InChI=1S/C22H25N3O5/c1-14-19(10-26)30-22(21(28)20(14)27)16-3-2-4-18(9-16)29-11-15-5-7-17(8-6-15)25-13-23-12-24-25/h2-9,12-14,19-22,26-28H,10-11H2,1H3. The molecule has 3 N–H and O–H groups in total. The van der Waals surface area contributed by atoms with E-state index in [0.717, 1.165) is 11.3 Å². The molecule has 158 valence electrons. The average Bonchev–Trinajstić information content (AvgIpc) is 3.32. The van der Waals surface area contributed by atoms with Crippen molar-refractivity contribution in [3.8, 4) is 11.4 Å². The average molecular weight is 411 g/mol. The van der Waals surface area contributed by atoms with Gasteiger partial charge in [-0.15, -0.1) is 0 Å². The Morgan fingerprint density at radius 1 is 1.10 bits per heavy atom. The highest BCUT2D eigenvalue weighted by atomic mass is 16.5. The highest BCUT2D eigenvalue weighted by Gasteiger charge is 2.42. The van der Waals surface area contributed by atoms with Crippen LogP contribution in [0.1, 0.15) is 24.2 Å². The maximum Gasteiger partial charge on any atom is 0.138 e. The number of ether oxygens (including phenoxy) is 2. The van der Waals surface area contributed by atoms with E-state index in [1.54, 1.807) is 24.0 Å². The van der Waals surface area contributed by atoms with Gasteiger partial charge in [-0.1, -0.05) is 31.2 Å². The SMILES string of the molecule is CC1C(CO)OC(c2cccc(OCc3ccc(-n4cncn4)cc3)c2)C(O)C1O. The van der Waals surface area contributed by atoms with Crippen molar-refractivity contribution in [3.63, 3.8) is 0 Å². The Hall–Kier alpha value is -2.78. The number of hydrogen-bond acceptors (Lipinski definition) is 7. The molecule has 8 heteroatoms. The summed E-state index contributed by atoms with van der Waals surface area (Å²) < 4.78 is 13.4. The van der Waals surface area contributed by atoms with Gasteiger partial charge in [0, 0.05) is 5.92 Å². The first-order valence-corrected chi connectivity index (χ1v) is 9.86. The lowest BCUT2D eigenvalue weighted by Crippen LogP contribution is -2.50. The Bertz CT molecular complexity index is 946. The predicted molar refractivity (Wildman–Crippen MR) is 108 cm³/mol. The zero-order valence-corrected chi connectivity index (χ0v) is 16.6. The van der Waals surface area contributed by atoms with Crippen molar-refractivity contribution >= 4 is 0 Å². The number of nitrogens with zero attached hydrogens (tertiary/aromatic N) is 3. The fourth-order valence-corrected chi connectivity index (χ4v) is 3.62. The van der Waals surface area contributed by atoms with E-state index in [1.165, 1.54) is 6.33 Å². The van der Waals surface area contributed by atoms with Gasteiger partial charge in [0.15, 0.2) is 0 Å². The molecule has 5 unspecified atom stereocenters. The highest BCUT2D eigenvalue weighted by molar-refractivity contribution is 5.34. The van der Waals surface area contributed by atoms with Gasteiger partial charge in [-0.05, 0) is 35.4 Å². The van der Waals surface area contributed by atoms with Gasteiger partial charge in [-0.2, -0.15) is 5.10 Å². The van der Waals surface area contributed by atoms with E-state index in [0.29, 0.717) is 17.9 Å². The third kappa shape index (κ3) is 4.22. The Balaban J connectivity index is 1.43. The summed E-state index contributed by atoms with van der Waals surface area (Å²) in [7, 11) is 0. The van der Waals surface area contributed by atoms with E-state index < -0.39 is 24.4 Å². The quantitative estimate of drug-likeness (QED) is 0.566. The Kier molecular flexibility index (Phi) is 6.10. The topological polar surface area (TPSA) is 110 Å². The summed E-state index contributed by atoms with van der Waals surface area (Å²) in [5, 5.41) is 34.4. The van der Waals surface area contributed by atoms with Crippen LogP contribution >= 0.6 is 0 Å². The van der Waals surface area contributed by atoms with Gasteiger partial charge in [0.05, 0.1) is 24.5 Å². The summed E-state index contributed by atoms with van der Waals surface area (Å²) in [6.45, 7) is 1.90. The van der Waals surface area contributed by atoms with Crippen molar-refractivity contribution in [2.75, 3.05) is 6.61 Å².